The lowest BCUT2D eigenvalue weighted by molar-refractivity contribution is 0.274. The molecule has 1 aromatic rings. The van der Waals surface area contributed by atoms with E-state index in [-0.39, 0.29) is 0 Å². The number of hydrogen-bond donors (Lipinski definition) is 1. The second kappa shape index (κ2) is 5.74. The van der Waals surface area contributed by atoms with Crippen LogP contribution in [0.4, 0.5) is 11.6 Å². The van der Waals surface area contributed by atoms with Crippen LogP contribution in [0, 0.1) is 6.92 Å². The summed E-state index contributed by atoms with van der Waals surface area (Å²) in [6.45, 7) is 9.53. The van der Waals surface area contributed by atoms with Crippen molar-refractivity contribution in [1.82, 2.24) is 14.9 Å². The van der Waals surface area contributed by atoms with E-state index in [9.17, 15) is 0 Å². The first kappa shape index (κ1) is 14.1. The van der Waals surface area contributed by atoms with Crippen molar-refractivity contribution in [3.05, 3.63) is 11.4 Å². The lowest BCUT2D eigenvalue weighted by Gasteiger charge is -2.39. The van der Waals surface area contributed by atoms with Gasteiger partial charge < -0.3 is 15.5 Å². The van der Waals surface area contributed by atoms with Crippen molar-refractivity contribution < 1.29 is 0 Å². The summed E-state index contributed by atoms with van der Waals surface area (Å²) < 4.78 is 0. The summed E-state index contributed by atoms with van der Waals surface area (Å²) >= 11 is 0. The zero-order valence-electron chi connectivity index (χ0n) is 12.5. The van der Waals surface area contributed by atoms with E-state index in [2.05, 4.69) is 35.7 Å². The average molecular weight is 263 g/mol. The Labute approximate surface area is 115 Å². The van der Waals surface area contributed by atoms with Crippen molar-refractivity contribution in [2.75, 3.05) is 37.3 Å². The molecule has 106 valence electrons. The summed E-state index contributed by atoms with van der Waals surface area (Å²) in [7, 11) is 2.16. The molecule has 1 atom stereocenters. The van der Waals surface area contributed by atoms with Gasteiger partial charge in [0.1, 0.15) is 17.5 Å². The molecule has 0 spiro atoms. The maximum absolute atomic E-state index is 6.04. The largest absolute Gasteiger partial charge is 0.383 e. The minimum absolute atomic E-state index is 0.459. The van der Waals surface area contributed by atoms with E-state index in [0.29, 0.717) is 11.9 Å². The highest BCUT2D eigenvalue weighted by Gasteiger charge is 2.25. The Hall–Kier alpha value is -1.36. The highest BCUT2D eigenvalue weighted by atomic mass is 15.3. The van der Waals surface area contributed by atoms with E-state index in [4.69, 9.17) is 10.7 Å². The van der Waals surface area contributed by atoms with Crippen LogP contribution in [0.2, 0.25) is 0 Å². The number of anilines is 2. The normalized spacial score (nSPS) is 20.8. The summed E-state index contributed by atoms with van der Waals surface area (Å²) in [5, 5.41) is 0. The van der Waals surface area contributed by atoms with Gasteiger partial charge in [-0.15, -0.1) is 0 Å². The van der Waals surface area contributed by atoms with Crippen LogP contribution in [0.15, 0.2) is 0 Å². The molecule has 1 aromatic heterocycles. The summed E-state index contributed by atoms with van der Waals surface area (Å²) in [6, 6.07) is 0.459. The van der Waals surface area contributed by atoms with Crippen LogP contribution in [0.5, 0.6) is 0 Å². The van der Waals surface area contributed by atoms with Gasteiger partial charge in [-0.25, -0.2) is 9.97 Å². The standard InChI is InChI=1S/C14H25N5/c1-5-6-12-16-13(15)11(3)14(17-12)19-8-7-18(4)9-10(19)2/h10H,5-9H2,1-4H3,(H2,15,16,17). The Balaban J connectivity index is 2.32. The minimum atomic E-state index is 0.459. The highest BCUT2D eigenvalue weighted by molar-refractivity contribution is 5.57. The van der Waals surface area contributed by atoms with Gasteiger partial charge in [-0.1, -0.05) is 6.92 Å². The zero-order chi connectivity index (χ0) is 14.0. The van der Waals surface area contributed by atoms with Crippen LogP contribution in [-0.2, 0) is 6.42 Å². The molecule has 19 heavy (non-hydrogen) atoms. The van der Waals surface area contributed by atoms with Crippen LogP contribution in [0.3, 0.4) is 0 Å². The molecular weight excluding hydrogens is 238 g/mol. The Bertz CT molecular complexity index is 446. The monoisotopic (exact) mass is 263 g/mol. The first-order valence-electron chi connectivity index (χ1n) is 7.11. The van der Waals surface area contributed by atoms with Crippen LogP contribution in [0.1, 0.15) is 31.7 Å². The third kappa shape index (κ3) is 2.97. The van der Waals surface area contributed by atoms with Gasteiger partial charge in [-0.3, -0.25) is 0 Å². The third-order valence-corrected chi connectivity index (χ3v) is 3.78. The van der Waals surface area contributed by atoms with E-state index in [1.807, 2.05) is 6.92 Å². The first-order chi connectivity index (χ1) is 9.02. The molecule has 0 amide bonds. The Morgan fingerprint density at radius 1 is 1.32 bits per heavy atom. The quantitative estimate of drug-likeness (QED) is 0.894. The molecule has 1 saturated heterocycles. The molecule has 1 fully saturated rings. The molecule has 0 bridgehead atoms. The number of rotatable bonds is 3. The third-order valence-electron chi connectivity index (χ3n) is 3.78. The van der Waals surface area contributed by atoms with Crippen molar-refractivity contribution in [3.8, 4) is 0 Å². The fourth-order valence-electron chi connectivity index (χ4n) is 2.64. The predicted molar refractivity (Wildman–Crippen MR) is 79.5 cm³/mol. The fourth-order valence-corrected chi connectivity index (χ4v) is 2.64. The lowest BCUT2D eigenvalue weighted by Crippen LogP contribution is -2.51. The first-order valence-corrected chi connectivity index (χ1v) is 7.11. The zero-order valence-corrected chi connectivity index (χ0v) is 12.5. The Morgan fingerprint density at radius 2 is 2.05 bits per heavy atom. The van der Waals surface area contributed by atoms with Crippen molar-refractivity contribution >= 4 is 11.6 Å². The Kier molecular flexibility index (Phi) is 4.24. The Morgan fingerprint density at radius 3 is 2.68 bits per heavy atom. The average Bonchev–Trinajstić information content (AvgIpc) is 2.34. The maximum Gasteiger partial charge on any atom is 0.137 e. The summed E-state index contributed by atoms with van der Waals surface area (Å²) in [4.78, 5) is 13.8. The number of likely N-dealkylation sites (N-methyl/N-ethyl adjacent to an activating group) is 1. The van der Waals surface area contributed by atoms with E-state index in [0.717, 1.165) is 49.7 Å². The van der Waals surface area contributed by atoms with Gasteiger partial charge in [0.25, 0.3) is 0 Å². The number of aromatic nitrogens is 2. The molecule has 0 radical (unpaired) electrons. The lowest BCUT2D eigenvalue weighted by atomic mass is 10.1. The number of piperazine rings is 1. The highest BCUT2D eigenvalue weighted by Crippen LogP contribution is 2.25. The van der Waals surface area contributed by atoms with Crippen LogP contribution in [0.25, 0.3) is 0 Å². The molecule has 1 unspecified atom stereocenters. The molecule has 2 heterocycles. The topological polar surface area (TPSA) is 58.3 Å². The number of nitrogen functional groups attached to an aromatic ring is 1. The van der Waals surface area contributed by atoms with Gasteiger partial charge in [0.2, 0.25) is 0 Å². The van der Waals surface area contributed by atoms with Gasteiger partial charge in [0, 0.05) is 37.7 Å². The molecule has 2 N–H and O–H groups in total. The smallest absolute Gasteiger partial charge is 0.137 e. The van der Waals surface area contributed by atoms with E-state index in [1.165, 1.54) is 0 Å². The molecule has 2 rings (SSSR count). The van der Waals surface area contributed by atoms with Crippen molar-refractivity contribution in [1.29, 1.82) is 0 Å². The maximum atomic E-state index is 6.04. The van der Waals surface area contributed by atoms with Gasteiger partial charge in [0.05, 0.1) is 0 Å². The number of nitrogens with two attached hydrogens (primary N) is 1. The van der Waals surface area contributed by atoms with Crippen LogP contribution < -0.4 is 10.6 Å². The molecule has 0 aliphatic carbocycles. The molecule has 0 saturated carbocycles. The van der Waals surface area contributed by atoms with Gasteiger partial charge >= 0.3 is 0 Å². The molecule has 1 aliphatic heterocycles. The molecular formula is C14H25N5. The molecule has 0 aromatic carbocycles. The molecule has 5 nitrogen and oxygen atoms in total. The number of hydrogen-bond acceptors (Lipinski definition) is 5. The van der Waals surface area contributed by atoms with Gasteiger partial charge in [-0.2, -0.15) is 0 Å². The predicted octanol–water partition coefficient (Wildman–Crippen LogP) is 1.46. The van der Waals surface area contributed by atoms with E-state index < -0.39 is 0 Å². The van der Waals surface area contributed by atoms with E-state index in [1.54, 1.807) is 0 Å². The second-order valence-corrected chi connectivity index (χ2v) is 5.53. The van der Waals surface area contributed by atoms with E-state index >= 15 is 0 Å². The fraction of sp³-hybridized carbons (Fsp3) is 0.714. The van der Waals surface area contributed by atoms with Gasteiger partial charge in [0.15, 0.2) is 0 Å². The second-order valence-electron chi connectivity index (χ2n) is 5.53. The van der Waals surface area contributed by atoms with Crippen LogP contribution in [-0.4, -0.2) is 47.6 Å². The number of aryl methyl sites for hydroxylation is 1. The SMILES string of the molecule is CCCc1nc(N)c(C)c(N2CCN(C)CC2C)n1. The summed E-state index contributed by atoms with van der Waals surface area (Å²) in [5.41, 5.74) is 7.05. The number of nitrogens with zero attached hydrogens (tertiary/aromatic N) is 4. The molecule has 5 heteroatoms. The minimum Gasteiger partial charge on any atom is -0.383 e. The molecule has 1 aliphatic rings. The van der Waals surface area contributed by atoms with Crippen LogP contribution >= 0.6 is 0 Å². The van der Waals surface area contributed by atoms with Crippen molar-refractivity contribution in [2.24, 2.45) is 0 Å². The van der Waals surface area contributed by atoms with Gasteiger partial charge in [-0.05, 0) is 27.3 Å². The van der Waals surface area contributed by atoms with Crippen molar-refractivity contribution in [2.45, 2.75) is 39.7 Å². The summed E-state index contributed by atoms with van der Waals surface area (Å²) in [6.07, 6.45) is 1.93. The summed E-state index contributed by atoms with van der Waals surface area (Å²) in [5.74, 6) is 2.52. The van der Waals surface area contributed by atoms with Crippen molar-refractivity contribution in [3.63, 3.8) is 0 Å².